The number of guanidine groups is 1. The minimum absolute atomic E-state index is 0. The van der Waals surface area contributed by atoms with Gasteiger partial charge in [0.2, 0.25) is 0 Å². The first-order valence-electron chi connectivity index (χ1n) is 7.64. The average molecular weight is 459 g/mol. The van der Waals surface area contributed by atoms with Gasteiger partial charge in [-0.2, -0.15) is 0 Å². The summed E-state index contributed by atoms with van der Waals surface area (Å²) in [5.41, 5.74) is 7.77. The van der Waals surface area contributed by atoms with Crippen LogP contribution in [-0.2, 0) is 11.3 Å². The number of aryl methyl sites for hydroxylation is 1. The summed E-state index contributed by atoms with van der Waals surface area (Å²) >= 11 is 0. The molecule has 0 bridgehead atoms. The van der Waals surface area contributed by atoms with Crippen molar-refractivity contribution in [3.8, 4) is 11.5 Å². The highest BCUT2D eigenvalue weighted by Gasteiger charge is 2.03. The lowest BCUT2D eigenvalue weighted by Crippen LogP contribution is -2.34. The number of ether oxygens (including phenoxy) is 2. The van der Waals surface area contributed by atoms with E-state index in [9.17, 15) is 4.39 Å². The van der Waals surface area contributed by atoms with Crippen molar-refractivity contribution in [3.05, 3.63) is 59.4 Å². The van der Waals surface area contributed by atoms with E-state index < -0.39 is 0 Å². The van der Waals surface area contributed by atoms with E-state index in [2.05, 4.69) is 10.3 Å². The Morgan fingerprint density at radius 1 is 1.20 bits per heavy atom. The molecule has 0 aromatic heterocycles. The van der Waals surface area contributed by atoms with Gasteiger partial charge in [-0.1, -0.05) is 12.1 Å². The summed E-state index contributed by atoms with van der Waals surface area (Å²) in [5.74, 6) is 1.41. The predicted octanol–water partition coefficient (Wildman–Crippen LogP) is 3.60. The van der Waals surface area contributed by atoms with Gasteiger partial charge in [0.1, 0.15) is 17.3 Å². The van der Waals surface area contributed by atoms with Crippen LogP contribution in [0.15, 0.2) is 47.5 Å². The fraction of sp³-hybridized carbons (Fsp3) is 0.278. The summed E-state index contributed by atoms with van der Waals surface area (Å²) in [7, 11) is 1.63. The van der Waals surface area contributed by atoms with E-state index >= 15 is 0 Å². The van der Waals surface area contributed by atoms with Crippen LogP contribution in [0, 0.1) is 12.7 Å². The van der Waals surface area contributed by atoms with Gasteiger partial charge in [0, 0.05) is 13.7 Å². The Labute approximate surface area is 164 Å². The molecule has 5 nitrogen and oxygen atoms in total. The van der Waals surface area contributed by atoms with Crippen LogP contribution in [0.3, 0.4) is 0 Å². The fourth-order valence-corrected chi connectivity index (χ4v) is 2.07. The lowest BCUT2D eigenvalue weighted by Gasteiger charge is -2.10. The van der Waals surface area contributed by atoms with Crippen LogP contribution in [-0.4, -0.2) is 26.2 Å². The Balaban J connectivity index is 0.00000312. The zero-order chi connectivity index (χ0) is 17.4. The van der Waals surface area contributed by atoms with Gasteiger partial charge in [0.15, 0.2) is 5.96 Å². The van der Waals surface area contributed by atoms with Crippen LogP contribution < -0.4 is 15.8 Å². The first-order chi connectivity index (χ1) is 11.6. The van der Waals surface area contributed by atoms with Crippen LogP contribution in [0.5, 0.6) is 11.5 Å². The molecule has 7 heteroatoms. The third-order valence-electron chi connectivity index (χ3n) is 3.33. The molecule has 25 heavy (non-hydrogen) atoms. The monoisotopic (exact) mass is 459 g/mol. The van der Waals surface area contributed by atoms with Crippen molar-refractivity contribution in [1.29, 1.82) is 0 Å². The maximum Gasteiger partial charge on any atom is 0.188 e. The Morgan fingerprint density at radius 3 is 2.56 bits per heavy atom. The van der Waals surface area contributed by atoms with Gasteiger partial charge in [-0.05, 0) is 48.4 Å². The molecule has 0 saturated carbocycles. The molecule has 2 aromatic rings. The zero-order valence-corrected chi connectivity index (χ0v) is 16.6. The number of hydrogen-bond acceptors (Lipinski definition) is 3. The Bertz CT molecular complexity index is 693. The summed E-state index contributed by atoms with van der Waals surface area (Å²) in [5, 5.41) is 2.96. The summed E-state index contributed by atoms with van der Waals surface area (Å²) in [6.07, 6.45) is 0. The molecule has 0 aliphatic rings. The second kappa shape index (κ2) is 10.9. The SMILES string of the molecule is COCCNC(N)=NCc1ccc(Oc2ccc(F)cc2)c(C)c1.I. The minimum atomic E-state index is -0.288. The number of rotatable bonds is 7. The Hall–Kier alpha value is -1.87. The van der Waals surface area contributed by atoms with Crippen molar-refractivity contribution < 1.29 is 13.9 Å². The third-order valence-corrected chi connectivity index (χ3v) is 3.33. The number of benzene rings is 2. The van der Waals surface area contributed by atoms with Crippen LogP contribution in [0.4, 0.5) is 4.39 Å². The molecule has 2 aromatic carbocycles. The molecular weight excluding hydrogens is 436 g/mol. The molecule has 0 aliphatic heterocycles. The molecule has 0 amide bonds. The molecule has 0 saturated heterocycles. The van der Waals surface area contributed by atoms with Crippen molar-refractivity contribution in [3.63, 3.8) is 0 Å². The van der Waals surface area contributed by atoms with Gasteiger partial charge in [-0.25, -0.2) is 9.38 Å². The molecule has 0 heterocycles. The molecule has 136 valence electrons. The molecule has 0 unspecified atom stereocenters. The number of halogens is 2. The van der Waals surface area contributed by atoms with Gasteiger partial charge < -0.3 is 20.5 Å². The van der Waals surface area contributed by atoms with E-state index in [1.165, 1.54) is 12.1 Å². The molecular formula is C18H23FIN3O2. The minimum Gasteiger partial charge on any atom is -0.457 e. The highest BCUT2D eigenvalue weighted by atomic mass is 127. The van der Waals surface area contributed by atoms with Gasteiger partial charge in [-0.15, -0.1) is 24.0 Å². The summed E-state index contributed by atoms with van der Waals surface area (Å²) in [4.78, 5) is 4.28. The van der Waals surface area contributed by atoms with Gasteiger partial charge in [0.05, 0.1) is 13.2 Å². The molecule has 3 N–H and O–H groups in total. The Morgan fingerprint density at radius 2 is 1.92 bits per heavy atom. The lowest BCUT2D eigenvalue weighted by atomic mass is 10.1. The maximum atomic E-state index is 12.9. The summed E-state index contributed by atoms with van der Waals surface area (Å²) in [6.45, 7) is 3.62. The second-order valence-corrected chi connectivity index (χ2v) is 5.28. The van der Waals surface area contributed by atoms with Crippen LogP contribution in [0.25, 0.3) is 0 Å². The fourth-order valence-electron chi connectivity index (χ4n) is 2.07. The zero-order valence-electron chi connectivity index (χ0n) is 14.3. The molecule has 0 aliphatic carbocycles. The number of nitrogens with two attached hydrogens (primary N) is 1. The molecule has 0 fully saturated rings. The van der Waals surface area contributed by atoms with Gasteiger partial charge in [0.25, 0.3) is 0 Å². The quantitative estimate of drug-likeness (QED) is 0.288. The second-order valence-electron chi connectivity index (χ2n) is 5.28. The largest absolute Gasteiger partial charge is 0.457 e. The number of nitrogens with zero attached hydrogens (tertiary/aromatic N) is 1. The molecule has 0 atom stereocenters. The number of hydrogen-bond donors (Lipinski definition) is 2. The van der Waals surface area contributed by atoms with E-state index in [-0.39, 0.29) is 29.8 Å². The van der Waals surface area contributed by atoms with Crippen LogP contribution >= 0.6 is 24.0 Å². The number of aliphatic imine (C=N–C) groups is 1. The van der Waals surface area contributed by atoms with Crippen molar-refractivity contribution in [2.45, 2.75) is 13.5 Å². The third kappa shape index (κ3) is 7.27. The summed E-state index contributed by atoms with van der Waals surface area (Å²) in [6, 6.07) is 11.7. The number of methoxy groups -OCH3 is 1. The molecule has 0 spiro atoms. The lowest BCUT2D eigenvalue weighted by molar-refractivity contribution is 0.204. The van der Waals surface area contributed by atoms with Crippen molar-refractivity contribution in [2.24, 2.45) is 10.7 Å². The summed E-state index contributed by atoms with van der Waals surface area (Å²) < 4.78 is 23.6. The highest BCUT2D eigenvalue weighted by molar-refractivity contribution is 14.0. The number of nitrogens with one attached hydrogen (secondary N) is 1. The van der Waals surface area contributed by atoms with E-state index in [1.807, 2.05) is 25.1 Å². The average Bonchev–Trinajstić information content (AvgIpc) is 2.57. The molecule has 0 radical (unpaired) electrons. The first kappa shape index (κ1) is 21.2. The standard InChI is InChI=1S/C18H22FN3O2.HI/c1-13-11-14(12-22-18(20)21-9-10-23-2)3-8-17(13)24-16-6-4-15(19)5-7-16;/h3-8,11H,9-10,12H2,1-2H3,(H3,20,21,22);1H. The first-order valence-corrected chi connectivity index (χ1v) is 7.64. The topological polar surface area (TPSA) is 68.9 Å². The van der Waals surface area contributed by atoms with Gasteiger partial charge in [-0.3, -0.25) is 0 Å². The normalized spacial score (nSPS) is 10.9. The van der Waals surface area contributed by atoms with E-state index in [0.29, 0.717) is 31.4 Å². The van der Waals surface area contributed by atoms with Crippen molar-refractivity contribution >= 4 is 29.9 Å². The van der Waals surface area contributed by atoms with Crippen molar-refractivity contribution in [2.75, 3.05) is 20.3 Å². The van der Waals surface area contributed by atoms with Gasteiger partial charge >= 0.3 is 0 Å². The highest BCUT2D eigenvalue weighted by Crippen LogP contribution is 2.26. The van der Waals surface area contributed by atoms with Crippen LogP contribution in [0.1, 0.15) is 11.1 Å². The van der Waals surface area contributed by atoms with E-state index in [0.717, 1.165) is 16.9 Å². The predicted molar refractivity (Wildman–Crippen MR) is 108 cm³/mol. The van der Waals surface area contributed by atoms with E-state index in [4.69, 9.17) is 15.2 Å². The van der Waals surface area contributed by atoms with Crippen molar-refractivity contribution in [1.82, 2.24) is 5.32 Å². The molecule has 2 rings (SSSR count). The van der Waals surface area contributed by atoms with Crippen LogP contribution in [0.2, 0.25) is 0 Å². The smallest absolute Gasteiger partial charge is 0.188 e. The Kier molecular flexibility index (Phi) is 9.22. The maximum absolute atomic E-state index is 12.9. The van der Waals surface area contributed by atoms with E-state index in [1.54, 1.807) is 19.2 Å².